The first kappa shape index (κ1) is 22.9. The number of amides is 3. The van der Waals surface area contributed by atoms with Crippen LogP contribution in [0.2, 0.25) is 0 Å². The molecule has 0 aliphatic heterocycles. The predicted octanol–water partition coefficient (Wildman–Crippen LogP) is 3.27. The van der Waals surface area contributed by atoms with Crippen LogP contribution in [0.5, 0.6) is 0 Å². The second-order valence-electron chi connectivity index (χ2n) is 7.73. The summed E-state index contributed by atoms with van der Waals surface area (Å²) in [5.41, 5.74) is 1.04. The Morgan fingerprint density at radius 1 is 1.11 bits per heavy atom. The molecule has 0 aliphatic carbocycles. The molecule has 1 aromatic carbocycles. The van der Waals surface area contributed by atoms with Crippen LogP contribution in [-0.4, -0.2) is 29.6 Å². The van der Waals surface area contributed by atoms with Gasteiger partial charge in [0.15, 0.2) is 6.10 Å². The fourth-order valence-corrected chi connectivity index (χ4v) is 2.14. The van der Waals surface area contributed by atoms with Crippen molar-refractivity contribution in [3.05, 3.63) is 41.0 Å². The summed E-state index contributed by atoms with van der Waals surface area (Å²) in [4.78, 5) is 35.9. The molecule has 0 bridgehead atoms. The summed E-state index contributed by atoms with van der Waals surface area (Å²) in [5.74, 6) is -1.35. The predicted molar refractivity (Wildman–Crippen MR) is 106 cm³/mol. The standard InChI is InChI=1S/C21H27N3O4/c1-13(2)16-9-7-15(8-10-16)11-17(12-22)19(26)28-14(3)18(25)23-20(27)24-21(4,5)6/h7-11,13-14H,1-6H3,(H2,23,24,25,27)/b17-11+/t14-/m1/s1. The summed E-state index contributed by atoms with van der Waals surface area (Å²) >= 11 is 0. The van der Waals surface area contributed by atoms with E-state index in [9.17, 15) is 19.6 Å². The maximum Gasteiger partial charge on any atom is 0.349 e. The summed E-state index contributed by atoms with van der Waals surface area (Å²) in [7, 11) is 0. The van der Waals surface area contributed by atoms with E-state index in [4.69, 9.17) is 4.74 Å². The maximum atomic E-state index is 12.2. The second kappa shape index (κ2) is 9.70. The molecule has 28 heavy (non-hydrogen) atoms. The van der Waals surface area contributed by atoms with Gasteiger partial charge in [0.1, 0.15) is 11.6 Å². The molecule has 7 heteroatoms. The van der Waals surface area contributed by atoms with E-state index in [1.165, 1.54) is 13.0 Å². The molecule has 7 nitrogen and oxygen atoms in total. The Morgan fingerprint density at radius 3 is 2.14 bits per heavy atom. The number of nitriles is 1. The van der Waals surface area contributed by atoms with Crippen LogP contribution in [0, 0.1) is 11.3 Å². The smallest absolute Gasteiger partial charge is 0.349 e. The monoisotopic (exact) mass is 385 g/mol. The quantitative estimate of drug-likeness (QED) is 0.459. The van der Waals surface area contributed by atoms with E-state index in [0.29, 0.717) is 11.5 Å². The van der Waals surface area contributed by atoms with Gasteiger partial charge in [-0.3, -0.25) is 10.1 Å². The summed E-state index contributed by atoms with van der Waals surface area (Å²) in [6.45, 7) is 10.7. The number of urea groups is 1. The zero-order valence-electron chi connectivity index (χ0n) is 17.1. The largest absolute Gasteiger partial charge is 0.448 e. The number of rotatable bonds is 5. The Hall–Kier alpha value is -3.14. The number of imide groups is 1. The number of carbonyl (C=O) groups is 3. The molecule has 1 atom stereocenters. The Morgan fingerprint density at radius 2 is 1.68 bits per heavy atom. The Labute approximate surface area is 165 Å². The van der Waals surface area contributed by atoms with E-state index >= 15 is 0 Å². The first-order valence-corrected chi connectivity index (χ1v) is 8.98. The summed E-state index contributed by atoms with van der Waals surface area (Å²) in [6.07, 6.45) is 0.155. The Kier molecular flexibility index (Phi) is 7.93. The fourth-order valence-electron chi connectivity index (χ4n) is 2.14. The molecule has 0 heterocycles. The third-order valence-electron chi connectivity index (χ3n) is 3.63. The second-order valence-corrected chi connectivity index (χ2v) is 7.73. The van der Waals surface area contributed by atoms with Crippen molar-refractivity contribution in [2.45, 2.75) is 59.1 Å². The summed E-state index contributed by atoms with van der Waals surface area (Å²) in [5, 5.41) is 13.9. The van der Waals surface area contributed by atoms with Gasteiger partial charge in [0.2, 0.25) is 0 Å². The lowest BCUT2D eigenvalue weighted by atomic mass is 10.0. The molecular formula is C21H27N3O4. The van der Waals surface area contributed by atoms with Crippen LogP contribution in [0.4, 0.5) is 4.79 Å². The van der Waals surface area contributed by atoms with Gasteiger partial charge >= 0.3 is 12.0 Å². The topological polar surface area (TPSA) is 108 Å². The first-order chi connectivity index (χ1) is 12.9. The van der Waals surface area contributed by atoms with E-state index in [1.54, 1.807) is 39.0 Å². The van der Waals surface area contributed by atoms with Crippen molar-refractivity contribution in [3.63, 3.8) is 0 Å². The summed E-state index contributed by atoms with van der Waals surface area (Å²) in [6, 6.07) is 8.52. The van der Waals surface area contributed by atoms with Crippen molar-refractivity contribution in [3.8, 4) is 6.07 Å². The molecule has 0 radical (unpaired) electrons. The molecule has 0 unspecified atom stereocenters. The molecule has 0 fully saturated rings. The van der Waals surface area contributed by atoms with Crippen LogP contribution in [-0.2, 0) is 14.3 Å². The number of carbonyl (C=O) groups excluding carboxylic acids is 3. The molecule has 0 saturated carbocycles. The highest BCUT2D eigenvalue weighted by molar-refractivity contribution is 6.01. The number of nitrogens with one attached hydrogen (secondary N) is 2. The van der Waals surface area contributed by atoms with Crippen molar-refractivity contribution in [2.24, 2.45) is 0 Å². The third kappa shape index (κ3) is 7.62. The van der Waals surface area contributed by atoms with Crippen molar-refractivity contribution in [1.82, 2.24) is 10.6 Å². The highest BCUT2D eigenvalue weighted by Gasteiger charge is 2.23. The average molecular weight is 385 g/mol. The number of hydrogen-bond acceptors (Lipinski definition) is 5. The van der Waals surface area contributed by atoms with Gasteiger partial charge in [0.05, 0.1) is 0 Å². The Balaban J connectivity index is 2.76. The minimum Gasteiger partial charge on any atom is -0.448 e. The highest BCUT2D eigenvalue weighted by atomic mass is 16.5. The lowest BCUT2D eigenvalue weighted by molar-refractivity contribution is -0.150. The minimum atomic E-state index is -1.24. The Bertz CT molecular complexity index is 796. The number of benzene rings is 1. The van der Waals surface area contributed by atoms with Crippen LogP contribution >= 0.6 is 0 Å². The minimum absolute atomic E-state index is 0.240. The van der Waals surface area contributed by atoms with Crippen molar-refractivity contribution in [2.75, 3.05) is 0 Å². The van der Waals surface area contributed by atoms with E-state index < -0.39 is 29.6 Å². The van der Waals surface area contributed by atoms with Gasteiger partial charge in [0, 0.05) is 5.54 Å². The zero-order valence-corrected chi connectivity index (χ0v) is 17.1. The third-order valence-corrected chi connectivity index (χ3v) is 3.63. The number of esters is 1. The van der Waals surface area contributed by atoms with Gasteiger partial charge in [-0.2, -0.15) is 5.26 Å². The van der Waals surface area contributed by atoms with Crippen LogP contribution < -0.4 is 10.6 Å². The van der Waals surface area contributed by atoms with E-state index in [0.717, 1.165) is 5.56 Å². The number of ether oxygens (including phenoxy) is 1. The van der Waals surface area contributed by atoms with Crippen LogP contribution in [0.1, 0.15) is 58.6 Å². The SMILES string of the molecule is CC(C)c1ccc(/C=C(\C#N)C(=O)O[C@H](C)C(=O)NC(=O)NC(C)(C)C)cc1. The molecule has 0 saturated heterocycles. The van der Waals surface area contributed by atoms with Gasteiger partial charge in [-0.1, -0.05) is 38.1 Å². The van der Waals surface area contributed by atoms with Crippen molar-refractivity contribution in [1.29, 1.82) is 5.26 Å². The molecule has 2 N–H and O–H groups in total. The van der Waals surface area contributed by atoms with Crippen molar-refractivity contribution >= 4 is 24.0 Å². The molecule has 150 valence electrons. The number of nitrogens with zero attached hydrogens (tertiary/aromatic N) is 1. The normalized spacial score (nSPS) is 12.7. The molecule has 0 spiro atoms. The van der Waals surface area contributed by atoms with Gasteiger partial charge in [-0.25, -0.2) is 9.59 Å². The number of hydrogen-bond donors (Lipinski definition) is 2. The highest BCUT2D eigenvalue weighted by Crippen LogP contribution is 2.16. The first-order valence-electron chi connectivity index (χ1n) is 8.98. The molecule has 1 aromatic rings. The van der Waals surface area contributed by atoms with Crippen LogP contribution in [0.15, 0.2) is 29.8 Å². The summed E-state index contributed by atoms with van der Waals surface area (Å²) < 4.78 is 5.01. The molecule has 0 aromatic heterocycles. The lowest BCUT2D eigenvalue weighted by Gasteiger charge is -2.21. The van der Waals surface area contributed by atoms with Gasteiger partial charge < -0.3 is 10.1 Å². The van der Waals surface area contributed by atoms with E-state index in [2.05, 4.69) is 24.5 Å². The van der Waals surface area contributed by atoms with E-state index in [-0.39, 0.29) is 5.57 Å². The molecular weight excluding hydrogens is 358 g/mol. The van der Waals surface area contributed by atoms with Gasteiger partial charge in [-0.05, 0) is 50.8 Å². The van der Waals surface area contributed by atoms with Gasteiger partial charge in [-0.15, -0.1) is 0 Å². The van der Waals surface area contributed by atoms with E-state index in [1.807, 2.05) is 12.1 Å². The van der Waals surface area contributed by atoms with Crippen LogP contribution in [0.25, 0.3) is 6.08 Å². The molecule has 3 amide bonds. The molecule has 1 rings (SSSR count). The van der Waals surface area contributed by atoms with Crippen LogP contribution in [0.3, 0.4) is 0 Å². The fraction of sp³-hybridized carbons (Fsp3) is 0.429. The zero-order chi connectivity index (χ0) is 21.5. The molecule has 0 aliphatic rings. The lowest BCUT2D eigenvalue weighted by Crippen LogP contribution is -2.50. The average Bonchev–Trinajstić information content (AvgIpc) is 2.57. The van der Waals surface area contributed by atoms with Gasteiger partial charge in [0.25, 0.3) is 5.91 Å². The maximum absolute atomic E-state index is 12.2. The van der Waals surface area contributed by atoms with Crippen molar-refractivity contribution < 1.29 is 19.1 Å².